The van der Waals surface area contributed by atoms with E-state index in [1.807, 2.05) is 0 Å². The smallest absolute Gasteiger partial charge is 0.0619 e. The molecular formula is C50H34N2. The Morgan fingerprint density at radius 1 is 0.346 bits per heavy atom. The first-order valence-corrected chi connectivity index (χ1v) is 17.9. The Labute approximate surface area is 303 Å². The van der Waals surface area contributed by atoms with E-state index in [9.17, 15) is 0 Å². The molecule has 0 amide bonds. The van der Waals surface area contributed by atoms with Crippen molar-refractivity contribution in [3.63, 3.8) is 0 Å². The van der Waals surface area contributed by atoms with Crippen molar-refractivity contribution in [1.29, 1.82) is 0 Å². The molecular weight excluding hydrogens is 629 g/mol. The number of benzene rings is 8. The Morgan fingerprint density at radius 3 is 1.65 bits per heavy atom. The summed E-state index contributed by atoms with van der Waals surface area (Å²) in [7, 11) is 0. The summed E-state index contributed by atoms with van der Waals surface area (Å²) >= 11 is 0. The predicted molar refractivity (Wildman–Crippen MR) is 221 cm³/mol. The lowest BCUT2D eigenvalue weighted by Gasteiger charge is -2.27. The standard InChI is InChI=1S/C50H34N2/c1-3-13-35(14-4-1)36-25-29-40(30-26-36)52(48-24-11-18-37-15-7-8-19-43(37)48)41-31-27-38(28-32-41)42-21-12-22-45-44(42)33-34-51-47-23-10-9-20-46(47)49(50(45)51)39-16-5-2-6-17-39/h1-34H. The molecule has 2 heteroatoms. The van der Waals surface area contributed by atoms with Crippen LogP contribution in [0.15, 0.2) is 206 Å². The van der Waals surface area contributed by atoms with Crippen molar-refractivity contribution in [2.75, 3.05) is 4.90 Å². The van der Waals surface area contributed by atoms with Gasteiger partial charge in [-0.15, -0.1) is 0 Å². The zero-order valence-electron chi connectivity index (χ0n) is 28.5. The number of aromatic nitrogens is 1. The summed E-state index contributed by atoms with van der Waals surface area (Å²) in [5.41, 5.74) is 13.2. The zero-order chi connectivity index (χ0) is 34.4. The molecule has 244 valence electrons. The fraction of sp³-hybridized carbons (Fsp3) is 0. The maximum Gasteiger partial charge on any atom is 0.0619 e. The van der Waals surface area contributed by atoms with Gasteiger partial charge in [0.1, 0.15) is 0 Å². The summed E-state index contributed by atoms with van der Waals surface area (Å²) < 4.78 is 2.36. The number of hydrogen-bond donors (Lipinski definition) is 0. The van der Waals surface area contributed by atoms with E-state index in [0.29, 0.717) is 0 Å². The van der Waals surface area contributed by atoms with E-state index in [2.05, 4.69) is 216 Å². The molecule has 0 aliphatic rings. The predicted octanol–water partition coefficient (Wildman–Crippen LogP) is 13.9. The first-order chi connectivity index (χ1) is 25.8. The van der Waals surface area contributed by atoms with E-state index in [-0.39, 0.29) is 0 Å². The highest BCUT2D eigenvalue weighted by Gasteiger charge is 2.19. The third-order valence-corrected chi connectivity index (χ3v) is 10.4. The SMILES string of the molecule is c1ccc(-c2ccc(N(c3ccc(-c4cccc5c4ccn4c6ccccc6c(-c6ccccc6)c54)cc3)c3cccc4ccccc34)cc2)cc1. The lowest BCUT2D eigenvalue weighted by atomic mass is 9.95. The van der Waals surface area contributed by atoms with Crippen LogP contribution in [0.1, 0.15) is 0 Å². The highest BCUT2D eigenvalue weighted by molar-refractivity contribution is 6.16. The second kappa shape index (κ2) is 12.5. The number of hydrogen-bond acceptors (Lipinski definition) is 1. The monoisotopic (exact) mass is 662 g/mol. The van der Waals surface area contributed by atoms with Crippen molar-refractivity contribution >= 4 is 55.0 Å². The maximum atomic E-state index is 2.38. The molecule has 8 aromatic carbocycles. The summed E-state index contributed by atoms with van der Waals surface area (Å²) in [6.45, 7) is 0. The van der Waals surface area contributed by atoms with Crippen LogP contribution in [0.25, 0.3) is 71.3 Å². The van der Waals surface area contributed by atoms with Crippen molar-refractivity contribution in [3.05, 3.63) is 206 Å². The van der Waals surface area contributed by atoms with Crippen molar-refractivity contribution in [2.45, 2.75) is 0 Å². The molecule has 0 aliphatic carbocycles. The molecule has 0 fully saturated rings. The Kier molecular flexibility index (Phi) is 7.18. The molecule has 0 aliphatic heterocycles. The molecule has 0 saturated carbocycles. The van der Waals surface area contributed by atoms with Crippen molar-refractivity contribution < 1.29 is 0 Å². The number of nitrogens with zero attached hydrogens (tertiary/aromatic N) is 2. The Balaban J connectivity index is 1.12. The molecule has 2 nitrogen and oxygen atoms in total. The van der Waals surface area contributed by atoms with Crippen LogP contribution in [0.4, 0.5) is 17.1 Å². The fourth-order valence-electron chi connectivity index (χ4n) is 7.99. The van der Waals surface area contributed by atoms with Gasteiger partial charge in [0.25, 0.3) is 0 Å². The molecule has 10 aromatic rings. The third-order valence-electron chi connectivity index (χ3n) is 10.4. The summed E-state index contributed by atoms with van der Waals surface area (Å²) in [5.74, 6) is 0. The van der Waals surface area contributed by atoms with Gasteiger partial charge in [-0.25, -0.2) is 0 Å². The van der Waals surface area contributed by atoms with Crippen molar-refractivity contribution in [2.24, 2.45) is 0 Å². The van der Waals surface area contributed by atoms with Gasteiger partial charge in [0.15, 0.2) is 0 Å². The first kappa shape index (κ1) is 30.0. The minimum absolute atomic E-state index is 1.11. The molecule has 0 saturated heterocycles. The van der Waals surface area contributed by atoms with Crippen LogP contribution in [-0.4, -0.2) is 4.40 Å². The topological polar surface area (TPSA) is 7.65 Å². The van der Waals surface area contributed by atoms with E-state index < -0.39 is 0 Å². The minimum Gasteiger partial charge on any atom is -0.315 e. The van der Waals surface area contributed by atoms with Crippen LogP contribution in [0.3, 0.4) is 0 Å². The fourth-order valence-corrected chi connectivity index (χ4v) is 7.99. The van der Waals surface area contributed by atoms with Gasteiger partial charge < -0.3 is 9.30 Å². The van der Waals surface area contributed by atoms with Crippen LogP contribution in [0, 0.1) is 0 Å². The Hall–Kier alpha value is -6.90. The highest BCUT2D eigenvalue weighted by Crippen LogP contribution is 2.43. The van der Waals surface area contributed by atoms with E-state index in [0.717, 1.165) is 17.1 Å². The summed E-state index contributed by atoms with van der Waals surface area (Å²) in [6, 6.07) is 72.3. The summed E-state index contributed by atoms with van der Waals surface area (Å²) in [5, 5.41) is 6.19. The second-order valence-electron chi connectivity index (χ2n) is 13.4. The Bertz CT molecular complexity index is 2860. The van der Waals surface area contributed by atoms with Gasteiger partial charge in [0.05, 0.1) is 16.7 Å². The molecule has 0 spiro atoms. The molecule has 0 atom stereocenters. The first-order valence-electron chi connectivity index (χ1n) is 17.9. The van der Waals surface area contributed by atoms with E-state index in [1.54, 1.807) is 0 Å². The Morgan fingerprint density at radius 2 is 0.904 bits per heavy atom. The summed E-state index contributed by atoms with van der Waals surface area (Å²) in [4.78, 5) is 2.38. The van der Waals surface area contributed by atoms with Crippen LogP contribution >= 0.6 is 0 Å². The van der Waals surface area contributed by atoms with Gasteiger partial charge in [0.2, 0.25) is 0 Å². The number of rotatable bonds is 6. The van der Waals surface area contributed by atoms with Gasteiger partial charge in [-0.2, -0.15) is 0 Å². The molecule has 0 radical (unpaired) electrons. The van der Waals surface area contributed by atoms with Crippen molar-refractivity contribution in [1.82, 2.24) is 4.40 Å². The maximum absolute atomic E-state index is 2.38. The van der Waals surface area contributed by atoms with Crippen LogP contribution < -0.4 is 4.90 Å². The lowest BCUT2D eigenvalue weighted by Crippen LogP contribution is -2.10. The molecule has 2 aromatic heterocycles. The van der Waals surface area contributed by atoms with Gasteiger partial charge in [-0.3, -0.25) is 0 Å². The van der Waals surface area contributed by atoms with Gasteiger partial charge in [0, 0.05) is 39.3 Å². The normalized spacial score (nSPS) is 11.5. The number of pyridine rings is 1. The number of anilines is 3. The molecule has 52 heavy (non-hydrogen) atoms. The molecule has 0 N–H and O–H groups in total. The molecule has 0 unspecified atom stereocenters. The number of para-hydroxylation sites is 1. The third kappa shape index (κ3) is 4.96. The highest BCUT2D eigenvalue weighted by atomic mass is 15.1. The zero-order valence-corrected chi connectivity index (χ0v) is 28.5. The molecule has 0 bridgehead atoms. The second-order valence-corrected chi connectivity index (χ2v) is 13.4. The number of fused-ring (bicyclic) bond motifs is 6. The lowest BCUT2D eigenvalue weighted by molar-refractivity contribution is 1.27. The van der Waals surface area contributed by atoms with Gasteiger partial charge in [-0.05, 0) is 81.1 Å². The molecule has 2 heterocycles. The van der Waals surface area contributed by atoms with Gasteiger partial charge in [-0.1, -0.05) is 158 Å². The van der Waals surface area contributed by atoms with Crippen molar-refractivity contribution in [3.8, 4) is 33.4 Å². The molecule has 10 rings (SSSR count). The van der Waals surface area contributed by atoms with E-state index in [4.69, 9.17) is 0 Å². The van der Waals surface area contributed by atoms with E-state index in [1.165, 1.54) is 71.3 Å². The van der Waals surface area contributed by atoms with Crippen LogP contribution in [0.5, 0.6) is 0 Å². The largest absolute Gasteiger partial charge is 0.315 e. The van der Waals surface area contributed by atoms with Gasteiger partial charge >= 0.3 is 0 Å². The minimum atomic E-state index is 1.11. The quantitative estimate of drug-likeness (QED) is 0.172. The van der Waals surface area contributed by atoms with Crippen LogP contribution in [-0.2, 0) is 0 Å². The summed E-state index contributed by atoms with van der Waals surface area (Å²) in [6.07, 6.45) is 2.24. The van der Waals surface area contributed by atoms with Crippen LogP contribution in [0.2, 0.25) is 0 Å². The average Bonchev–Trinajstić information content (AvgIpc) is 3.57. The van der Waals surface area contributed by atoms with E-state index >= 15 is 0 Å². The average molecular weight is 663 g/mol.